The van der Waals surface area contributed by atoms with E-state index < -0.39 is 0 Å². The summed E-state index contributed by atoms with van der Waals surface area (Å²) < 4.78 is 0. The number of hydrogen-bond donors (Lipinski definition) is 1. The van der Waals surface area contributed by atoms with Crippen LogP contribution in [0.25, 0.3) is 0 Å². The van der Waals surface area contributed by atoms with Crippen LogP contribution in [0, 0.1) is 5.92 Å². The SMILES string of the molecule is CN1CCC(CN(C)c2ncc(CO)s2)C1. The first-order valence-electron chi connectivity index (χ1n) is 5.64. The number of likely N-dealkylation sites (tertiary alicyclic amines) is 1. The molecule has 0 bridgehead atoms. The molecule has 1 aliphatic heterocycles. The maximum Gasteiger partial charge on any atom is 0.185 e. The normalized spacial score (nSPS) is 21.6. The Morgan fingerprint density at radius 3 is 3.06 bits per heavy atom. The number of thiazole rings is 1. The predicted molar refractivity (Wildman–Crippen MR) is 66.9 cm³/mol. The summed E-state index contributed by atoms with van der Waals surface area (Å²) in [6.45, 7) is 3.54. The average Bonchev–Trinajstić information content (AvgIpc) is 2.87. The number of aromatic nitrogens is 1. The van der Waals surface area contributed by atoms with Gasteiger partial charge >= 0.3 is 0 Å². The first-order valence-corrected chi connectivity index (χ1v) is 6.46. The molecule has 1 aliphatic rings. The van der Waals surface area contributed by atoms with E-state index in [1.54, 1.807) is 17.5 Å². The third kappa shape index (κ3) is 2.72. The zero-order valence-corrected chi connectivity index (χ0v) is 10.7. The minimum atomic E-state index is 0.0949. The highest BCUT2D eigenvalue weighted by atomic mass is 32.1. The smallest absolute Gasteiger partial charge is 0.185 e. The third-order valence-electron chi connectivity index (χ3n) is 3.04. The van der Waals surface area contributed by atoms with Crippen LogP contribution in [-0.4, -0.2) is 48.7 Å². The molecule has 2 heterocycles. The van der Waals surface area contributed by atoms with Crippen LogP contribution in [0.15, 0.2) is 6.20 Å². The molecular formula is C11H19N3OS. The highest BCUT2D eigenvalue weighted by molar-refractivity contribution is 7.15. The van der Waals surface area contributed by atoms with Gasteiger partial charge in [0.05, 0.1) is 11.5 Å². The van der Waals surface area contributed by atoms with Gasteiger partial charge in [0.2, 0.25) is 0 Å². The molecule has 0 aromatic carbocycles. The first kappa shape index (κ1) is 11.8. The largest absolute Gasteiger partial charge is 0.391 e. The summed E-state index contributed by atoms with van der Waals surface area (Å²) in [7, 11) is 4.26. The summed E-state index contributed by atoms with van der Waals surface area (Å²) in [6, 6.07) is 0. The molecule has 1 aromatic rings. The first-order chi connectivity index (χ1) is 7.69. The minimum absolute atomic E-state index is 0.0949. The van der Waals surface area contributed by atoms with Crippen LogP contribution in [0.4, 0.5) is 5.13 Å². The fourth-order valence-electron chi connectivity index (χ4n) is 2.19. The second-order valence-corrected chi connectivity index (χ2v) is 5.66. The van der Waals surface area contributed by atoms with Gasteiger partial charge in [0.1, 0.15) is 0 Å². The van der Waals surface area contributed by atoms with E-state index in [0.717, 1.165) is 22.5 Å². The Morgan fingerprint density at radius 2 is 2.50 bits per heavy atom. The number of anilines is 1. The minimum Gasteiger partial charge on any atom is -0.391 e. The molecule has 90 valence electrons. The van der Waals surface area contributed by atoms with Gasteiger partial charge in [0, 0.05) is 26.3 Å². The van der Waals surface area contributed by atoms with E-state index in [0.29, 0.717) is 0 Å². The van der Waals surface area contributed by atoms with Crippen molar-refractivity contribution >= 4 is 16.5 Å². The van der Waals surface area contributed by atoms with E-state index in [4.69, 9.17) is 5.11 Å². The van der Waals surface area contributed by atoms with Crippen LogP contribution in [0.2, 0.25) is 0 Å². The maximum atomic E-state index is 9.00. The second kappa shape index (κ2) is 5.12. The molecule has 2 rings (SSSR count). The topological polar surface area (TPSA) is 39.6 Å². The lowest BCUT2D eigenvalue weighted by molar-refractivity contribution is 0.285. The molecule has 0 aliphatic carbocycles. The molecule has 0 spiro atoms. The van der Waals surface area contributed by atoms with Crippen molar-refractivity contribution in [2.24, 2.45) is 5.92 Å². The lowest BCUT2D eigenvalue weighted by Gasteiger charge is -2.20. The Hall–Kier alpha value is -0.650. The van der Waals surface area contributed by atoms with Crippen molar-refractivity contribution < 1.29 is 5.11 Å². The predicted octanol–water partition coefficient (Wildman–Crippen LogP) is 1.02. The van der Waals surface area contributed by atoms with Crippen LogP contribution in [0.1, 0.15) is 11.3 Å². The zero-order chi connectivity index (χ0) is 11.5. The van der Waals surface area contributed by atoms with Crippen molar-refractivity contribution in [1.29, 1.82) is 0 Å². The molecule has 5 heteroatoms. The molecule has 16 heavy (non-hydrogen) atoms. The van der Waals surface area contributed by atoms with Gasteiger partial charge < -0.3 is 14.9 Å². The molecule has 0 saturated carbocycles. The summed E-state index contributed by atoms with van der Waals surface area (Å²) in [5.74, 6) is 0.747. The fourth-order valence-corrected chi connectivity index (χ4v) is 2.93. The van der Waals surface area contributed by atoms with Crippen LogP contribution in [-0.2, 0) is 6.61 Å². The lowest BCUT2D eigenvalue weighted by Crippen LogP contribution is -2.27. The Labute approximate surface area is 101 Å². The van der Waals surface area contributed by atoms with E-state index in [9.17, 15) is 0 Å². The van der Waals surface area contributed by atoms with E-state index in [1.165, 1.54) is 19.5 Å². The van der Waals surface area contributed by atoms with Crippen molar-refractivity contribution in [1.82, 2.24) is 9.88 Å². The number of aliphatic hydroxyl groups excluding tert-OH is 1. The van der Waals surface area contributed by atoms with Gasteiger partial charge in [-0.05, 0) is 25.9 Å². The highest BCUT2D eigenvalue weighted by Gasteiger charge is 2.21. The molecule has 1 N–H and O–H groups in total. The molecule has 1 unspecified atom stereocenters. The van der Waals surface area contributed by atoms with Crippen LogP contribution in [0.3, 0.4) is 0 Å². The summed E-state index contributed by atoms with van der Waals surface area (Å²) >= 11 is 1.58. The Kier molecular flexibility index (Phi) is 3.78. The summed E-state index contributed by atoms with van der Waals surface area (Å²) in [5, 5.41) is 10.0. The van der Waals surface area contributed by atoms with E-state index in [1.807, 2.05) is 0 Å². The van der Waals surface area contributed by atoms with Gasteiger partial charge in [0.15, 0.2) is 5.13 Å². The number of rotatable bonds is 4. The van der Waals surface area contributed by atoms with Crippen LogP contribution < -0.4 is 4.90 Å². The number of hydrogen-bond acceptors (Lipinski definition) is 5. The monoisotopic (exact) mass is 241 g/mol. The molecule has 0 amide bonds. The Morgan fingerprint density at radius 1 is 1.69 bits per heavy atom. The van der Waals surface area contributed by atoms with Crippen molar-refractivity contribution in [2.75, 3.05) is 38.6 Å². The Balaban J connectivity index is 1.89. The standard InChI is InChI=1S/C11H19N3OS/c1-13-4-3-9(6-13)7-14(2)11-12-5-10(8-15)16-11/h5,9,15H,3-4,6-8H2,1-2H3. The molecule has 1 atom stereocenters. The summed E-state index contributed by atoms with van der Waals surface area (Å²) in [6.07, 6.45) is 3.04. The van der Waals surface area contributed by atoms with Crippen LogP contribution >= 0.6 is 11.3 Å². The van der Waals surface area contributed by atoms with Crippen LogP contribution in [0.5, 0.6) is 0 Å². The van der Waals surface area contributed by atoms with Gasteiger partial charge in [0.25, 0.3) is 0 Å². The van der Waals surface area contributed by atoms with Crippen molar-refractivity contribution in [2.45, 2.75) is 13.0 Å². The van der Waals surface area contributed by atoms with Gasteiger partial charge in [-0.25, -0.2) is 4.98 Å². The van der Waals surface area contributed by atoms with Gasteiger partial charge in [-0.15, -0.1) is 0 Å². The van der Waals surface area contributed by atoms with Crippen molar-refractivity contribution in [3.8, 4) is 0 Å². The maximum absolute atomic E-state index is 9.00. The van der Waals surface area contributed by atoms with E-state index >= 15 is 0 Å². The molecule has 1 aromatic heterocycles. The van der Waals surface area contributed by atoms with E-state index in [2.05, 4.69) is 28.9 Å². The zero-order valence-electron chi connectivity index (χ0n) is 9.89. The molecule has 4 nitrogen and oxygen atoms in total. The van der Waals surface area contributed by atoms with Gasteiger partial charge in [-0.2, -0.15) is 0 Å². The number of nitrogens with zero attached hydrogens (tertiary/aromatic N) is 3. The van der Waals surface area contributed by atoms with E-state index in [-0.39, 0.29) is 6.61 Å². The van der Waals surface area contributed by atoms with Gasteiger partial charge in [-0.3, -0.25) is 0 Å². The molecule has 0 radical (unpaired) electrons. The average molecular weight is 241 g/mol. The fraction of sp³-hybridized carbons (Fsp3) is 0.727. The highest BCUT2D eigenvalue weighted by Crippen LogP contribution is 2.24. The Bertz CT molecular complexity index is 342. The third-order valence-corrected chi connectivity index (χ3v) is 4.14. The molecule has 1 saturated heterocycles. The molecule has 1 fully saturated rings. The summed E-state index contributed by atoms with van der Waals surface area (Å²) in [5.41, 5.74) is 0. The van der Waals surface area contributed by atoms with Crippen molar-refractivity contribution in [3.05, 3.63) is 11.1 Å². The van der Waals surface area contributed by atoms with Gasteiger partial charge in [-0.1, -0.05) is 11.3 Å². The lowest BCUT2D eigenvalue weighted by atomic mass is 10.1. The molecular weight excluding hydrogens is 222 g/mol. The second-order valence-electron chi connectivity index (χ2n) is 4.56. The van der Waals surface area contributed by atoms with Crippen molar-refractivity contribution in [3.63, 3.8) is 0 Å². The summed E-state index contributed by atoms with van der Waals surface area (Å²) in [4.78, 5) is 9.83. The quantitative estimate of drug-likeness (QED) is 0.854. The number of aliphatic hydroxyl groups is 1.